The van der Waals surface area contributed by atoms with E-state index in [4.69, 9.17) is 85.8 Å². The van der Waals surface area contributed by atoms with Crippen LogP contribution < -0.4 is 22.5 Å². The van der Waals surface area contributed by atoms with Gasteiger partial charge in [0.1, 0.15) is 30.8 Å². The topological polar surface area (TPSA) is 547 Å². The number of phosphoric acid groups is 6. The molecule has 0 spiro atoms. The van der Waals surface area contributed by atoms with Crippen molar-refractivity contribution in [1.82, 2.24) is 29.1 Å². The van der Waals surface area contributed by atoms with E-state index in [0.717, 1.165) is 10.5 Å². The summed E-state index contributed by atoms with van der Waals surface area (Å²) in [7, 11) is -28.6. The van der Waals surface area contributed by atoms with Gasteiger partial charge in [0.05, 0.1) is 79.0 Å². The molecule has 0 saturated carbocycles. The fraction of sp³-hybridized carbons (Fsp3) is 0.780. The SMILES string of the molecule is CC(C)C.Cc1cn([C@@H]2CC(O)[C@H](OP(=O)(O)OCCCOP(=O)(O)OCCCOP(=O)(O)OCCCOP(=O)(O)OCCCOP(=O)(O)OCCCOP(=O)(O)O[C@@H]3C[C@H](n4cnc5c(=O)[nH]c(N)nc54)O[C@@H]3COP(O)(=S)C(C)C)O2)c(=O)[nH]c1=O. The molecule has 0 aliphatic carbocycles. The van der Waals surface area contributed by atoms with E-state index >= 15 is 0 Å². The highest BCUT2D eigenvalue weighted by atomic mass is 32.5. The van der Waals surface area contributed by atoms with Crippen molar-refractivity contribution in [3.8, 4) is 0 Å². The average Bonchev–Trinajstić information content (AvgIpc) is 1.68. The molecule has 13 atom stereocenters. The van der Waals surface area contributed by atoms with Gasteiger partial charge in [-0.05, 0) is 56.8 Å². The third kappa shape index (κ3) is 28.3. The number of hydrogen-bond acceptors (Lipinski definition) is 29. The molecule has 0 amide bonds. The van der Waals surface area contributed by atoms with Crippen LogP contribution in [-0.2, 0) is 107 Å². The van der Waals surface area contributed by atoms with Crippen LogP contribution in [0.2, 0.25) is 0 Å². The van der Waals surface area contributed by atoms with Gasteiger partial charge < -0.3 is 59.1 Å². The number of nitrogens with one attached hydrogen (secondary N) is 2. The predicted molar refractivity (Wildman–Crippen MR) is 307 cm³/mol. The number of aliphatic hydroxyl groups is 1. The Labute approximate surface area is 507 Å². The largest absolute Gasteiger partial charge is 0.474 e. The average molecular weight is 1430 g/mol. The van der Waals surface area contributed by atoms with Crippen LogP contribution >= 0.6 is 53.4 Å². The summed E-state index contributed by atoms with van der Waals surface area (Å²) in [6.07, 6.45) is -6.79. The van der Waals surface area contributed by atoms with Crippen LogP contribution in [0.3, 0.4) is 0 Å². The molecule has 2 aliphatic heterocycles. The molecule has 12 N–H and O–H groups in total. The van der Waals surface area contributed by atoms with Crippen molar-refractivity contribution in [2.24, 2.45) is 5.92 Å². The van der Waals surface area contributed by atoms with Crippen molar-refractivity contribution < 1.29 is 135 Å². The molecule has 88 heavy (non-hydrogen) atoms. The van der Waals surface area contributed by atoms with E-state index in [1.807, 2.05) is 0 Å². The van der Waals surface area contributed by atoms with Gasteiger partial charge in [0.15, 0.2) is 23.9 Å². The highest BCUT2D eigenvalue weighted by molar-refractivity contribution is 8.09. The molecule has 3 aromatic heterocycles. The summed E-state index contributed by atoms with van der Waals surface area (Å²) >= 11 is 5.19. The van der Waals surface area contributed by atoms with Crippen LogP contribution in [-0.4, -0.2) is 171 Å². The minimum Gasteiger partial charge on any atom is -0.388 e. The van der Waals surface area contributed by atoms with E-state index in [2.05, 4.69) is 40.7 Å². The first-order chi connectivity index (χ1) is 40.8. The zero-order chi connectivity index (χ0) is 65.9. The second-order valence-corrected chi connectivity index (χ2v) is 32.3. The second-order valence-electron chi connectivity index (χ2n) is 19.7. The Kier molecular flexibility index (Phi) is 31.6. The lowest BCUT2D eigenvalue weighted by molar-refractivity contribution is -0.137. The first-order valence-electron chi connectivity index (χ1n) is 26.6. The molecule has 5 rings (SSSR count). The Morgan fingerprint density at radius 3 is 1.42 bits per heavy atom. The van der Waals surface area contributed by atoms with Crippen molar-refractivity contribution in [3.63, 3.8) is 0 Å². The maximum Gasteiger partial charge on any atom is 0.474 e. The number of aryl methyl sites for hydroxylation is 1. The number of fused-ring (bicyclic) bond motifs is 1. The van der Waals surface area contributed by atoms with Gasteiger partial charge in [-0.25, -0.2) is 37.2 Å². The zero-order valence-corrected chi connectivity index (χ0v) is 55.4. The van der Waals surface area contributed by atoms with Crippen molar-refractivity contribution >= 4 is 82.3 Å². The Balaban J connectivity index is 0.00000401. The molecule has 39 nitrogen and oxygen atoms in total. The molecular formula is C41H76N7O32P7S. The highest BCUT2D eigenvalue weighted by Gasteiger charge is 2.44. The van der Waals surface area contributed by atoms with E-state index in [-0.39, 0.29) is 74.2 Å². The summed E-state index contributed by atoms with van der Waals surface area (Å²) in [6, 6.07) is 0. The zero-order valence-electron chi connectivity index (χ0n) is 48.3. The molecular weight excluding hydrogens is 1350 g/mol. The molecule has 2 aliphatic rings. The number of rotatable bonds is 40. The minimum absolute atomic E-state index is 0.0417. The monoisotopic (exact) mass is 1430 g/mol. The summed E-state index contributed by atoms with van der Waals surface area (Å²) < 4.78 is 152. The Hall–Kier alpha value is -2.06. The minimum atomic E-state index is -4.89. The number of nitrogen functional groups attached to an aromatic ring is 1. The quantitative estimate of drug-likeness (QED) is 0.0283. The third-order valence-electron chi connectivity index (χ3n) is 11.0. The first kappa shape index (κ1) is 78.4. The normalized spacial score (nSPS) is 23.8. The molecule has 0 bridgehead atoms. The summed E-state index contributed by atoms with van der Waals surface area (Å²) in [5.74, 6) is 0.623. The maximum absolute atomic E-state index is 13.0. The molecule has 3 aromatic rings. The first-order valence-corrected chi connectivity index (χ1v) is 38.3. The number of nitrogens with two attached hydrogens (primary N) is 1. The molecule has 2 fully saturated rings. The Bertz CT molecular complexity index is 3240. The van der Waals surface area contributed by atoms with E-state index in [0.29, 0.717) is 0 Å². The predicted octanol–water partition coefficient (Wildman–Crippen LogP) is 3.96. The maximum atomic E-state index is 13.0. The Morgan fingerprint density at radius 1 is 0.602 bits per heavy atom. The molecule has 5 heterocycles. The second kappa shape index (κ2) is 35.4. The lowest BCUT2D eigenvalue weighted by atomic mass is 10.2. The molecule has 47 heteroatoms. The number of anilines is 1. The third-order valence-corrected chi connectivity index (χ3v) is 20.5. The van der Waals surface area contributed by atoms with Crippen LogP contribution in [0.15, 0.2) is 26.9 Å². The number of aromatic nitrogens is 6. The van der Waals surface area contributed by atoms with Crippen molar-refractivity contribution in [1.29, 1.82) is 0 Å². The van der Waals surface area contributed by atoms with Gasteiger partial charge in [-0.3, -0.25) is 83.0 Å². The smallest absolute Gasteiger partial charge is 0.388 e. The van der Waals surface area contributed by atoms with E-state index < -0.39 is 179 Å². The van der Waals surface area contributed by atoms with Crippen molar-refractivity contribution in [3.05, 3.63) is 49.3 Å². The highest BCUT2D eigenvalue weighted by Crippen LogP contribution is 2.53. The van der Waals surface area contributed by atoms with Gasteiger partial charge in [0.2, 0.25) is 5.95 Å². The lowest BCUT2D eigenvalue weighted by Crippen LogP contribution is -2.33. The summed E-state index contributed by atoms with van der Waals surface area (Å²) in [4.78, 5) is 119. The number of nitrogens with zero attached hydrogens (tertiary/aromatic N) is 4. The summed E-state index contributed by atoms with van der Waals surface area (Å²) in [6.45, 7) is 2.22. The van der Waals surface area contributed by atoms with Crippen LogP contribution in [0.1, 0.15) is 97.6 Å². The number of hydrogen-bond donors (Lipinski definition) is 11. The van der Waals surface area contributed by atoms with Crippen LogP contribution in [0, 0.1) is 12.8 Å². The molecule has 8 unspecified atom stereocenters. The summed E-state index contributed by atoms with van der Waals surface area (Å²) in [5.41, 5.74) is 3.27. The number of phosphoric ester groups is 6. The standard InChI is InChI=1S/C37H66N7O32P7S.C4H10/c1-24(2)77(49,84)72-22-28-27(20-30(73-28)44-23-39-31-32(44)40-36(38)41-34(31)47)75-82(58,59)70-17-7-15-68-80(54,55)66-13-5-11-64-78(50,51)62-9-4-10-63-79(52,53)65-12-6-14-67-81(56,57)69-16-8-18-71-83(60,61)76-35-26(45)19-29(74-35)43-21-25(3)33(46)42-37(43)48;1-4(2)3/h21,23-24,26-30,35,45H,4-20,22H2,1-3H3,(H,49,84)(H,50,51)(H,52,53)(H,54,55)(H,56,57)(H,58,59)(H,60,61)(H,42,46,48)(H3,38,40,41,47);4H,1-3H3/t26?,27-,28-,29+,30-,35+,77?;/m1./s1. The van der Waals surface area contributed by atoms with Crippen LogP contribution in [0.5, 0.6) is 0 Å². The van der Waals surface area contributed by atoms with E-state index in [1.54, 1.807) is 13.8 Å². The van der Waals surface area contributed by atoms with Gasteiger partial charge in [-0.15, -0.1) is 0 Å². The number of aromatic amines is 2. The van der Waals surface area contributed by atoms with Crippen molar-refractivity contribution in [2.45, 2.75) is 129 Å². The van der Waals surface area contributed by atoms with Crippen LogP contribution in [0.4, 0.5) is 5.95 Å². The molecule has 0 aromatic carbocycles. The van der Waals surface area contributed by atoms with E-state index in [1.165, 1.54) is 24.0 Å². The number of aliphatic hydroxyl groups excluding tert-OH is 1. The molecule has 0 radical (unpaired) electrons. The lowest BCUT2D eigenvalue weighted by Gasteiger charge is -2.25. The number of imidazole rings is 1. The van der Waals surface area contributed by atoms with Gasteiger partial charge in [0, 0.05) is 30.3 Å². The van der Waals surface area contributed by atoms with Gasteiger partial charge in [0.25, 0.3) is 11.1 Å². The van der Waals surface area contributed by atoms with Crippen molar-refractivity contribution in [2.75, 3.05) is 78.4 Å². The van der Waals surface area contributed by atoms with Gasteiger partial charge in [-0.1, -0.05) is 34.6 Å². The Morgan fingerprint density at radius 2 is 1.00 bits per heavy atom. The van der Waals surface area contributed by atoms with Gasteiger partial charge >= 0.3 is 52.6 Å². The fourth-order valence-electron chi connectivity index (χ4n) is 6.91. The number of ether oxygens (including phenoxy) is 2. The fourth-order valence-corrected chi connectivity index (χ4v) is 12.8. The molecule has 508 valence electrons. The van der Waals surface area contributed by atoms with E-state index in [9.17, 15) is 81.1 Å². The van der Waals surface area contributed by atoms with Gasteiger partial charge in [-0.2, -0.15) is 4.98 Å². The summed E-state index contributed by atoms with van der Waals surface area (Å²) in [5, 5.41) is 10.2. The molecule has 2 saturated heterocycles. The van der Waals surface area contributed by atoms with Crippen LogP contribution in [0.25, 0.3) is 11.2 Å². The number of H-pyrrole nitrogens is 2.